The molecule has 1 aromatic heterocycles. The second kappa shape index (κ2) is 5.52. The number of nitrogens with two attached hydrogens (primary N) is 1. The second-order valence-electron chi connectivity index (χ2n) is 5.18. The number of esters is 1. The smallest absolute Gasteiger partial charge is 0.374 e. The van der Waals surface area contributed by atoms with Gasteiger partial charge in [0, 0.05) is 30.0 Å². The van der Waals surface area contributed by atoms with Crippen molar-refractivity contribution in [3.63, 3.8) is 0 Å². The summed E-state index contributed by atoms with van der Waals surface area (Å²) in [4.78, 5) is 13.9. The third kappa shape index (κ3) is 2.59. The van der Waals surface area contributed by atoms with Crippen molar-refractivity contribution in [2.45, 2.75) is 19.4 Å². The summed E-state index contributed by atoms with van der Waals surface area (Å²) in [5, 5.41) is 0. The third-order valence-electron chi connectivity index (χ3n) is 3.80. The van der Waals surface area contributed by atoms with E-state index in [9.17, 15) is 4.79 Å². The summed E-state index contributed by atoms with van der Waals surface area (Å²) in [7, 11) is 1.35. The molecule has 2 aromatic rings. The van der Waals surface area contributed by atoms with Gasteiger partial charge in [0.05, 0.1) is 13.4 Å². The molecule has 0 saturated carbocycles. The molecule has 21 heavy (non-hydrogen) atoms. The molecule has 2 heterocycles. The quantitative estimate of drug-likeness (QED) is 0.694. The van der Waals surface area contributed by atoms with Gasteiger partial charge >= 0.3 is 5.97 Å². The van der Waals surface area contributed by atoms with E-state index in [0.29, 0.717) is 6.54 Å². The molecule has 0 spiro atoms. The first-order chi connectivity index (χ1) is 10.2. The van der Waals surface area contributed by atoms with Gasteiger partial charge in [-0.3, -0.25) is 0 Å². The van der Waals surface area contributed by atoms with E-state index in [1.165, 1.54) is 24.6 Å². The first-order valence-corrected chi connectivity index (χ1v) is 6.97. The summed E-state index contributed by atoms with van der Waals surface area (Å²) < 4.78 is 9.99. The van der Waals surface area contributed by atoms with Crippen LogP contribution in [0.5, 0.6) is 0 Å². The number of anilines is 2. The summed E-state index contributed by atoms with van der Waals surface area (Å²) in [6, 6.07) is 7.80. The van der Waals surface area contributed by atoms with E-state index < -0.39 is 5.97 Å². The number of ether oxygens (including phenoxy) is 1. The average Bonchev–Trinajstić information content (AvgIpc) is 2.94. The van der Waals surface area contributed by atoms with Crippen LogP contribution in [0.2, 0.25) is 0 Å². The lowest BCUT2D eigenvalue weighted by atomic mass is 10.0. The number of methoxy groups -OCH3 is 1. The fourth-order valence-corrected chi connectivity index (χ4v) is 2.80. The van der Waals surface area contributed by atoms with Crippen LogP contribution < -0.4 is 10.6 Å². The SMILES string of the molecule is COC(=O)c1occc1CN1CCCc2cc(N)ccc21. The fraction of sp³-hybridized carbons (Fsp3) is 0.312. The lowest BCUT2D eigenvalue weighted by molar-refractivity contribution is 0.0563. The van der Waals surface area contributed by atoms with E-state index in [1.807, 2.05) is 24.3 Å². The summed E-state index contributed by atoms with van der Waals surface area (Å²) in [6.07, 6.45) is 3.63. The Morgan fingerprint density at radius 2 is 2.29 bits per heavy atom. The Bertz CT molecular complexity index is 663. The second-order valence-corrected chi connectivity index (χ2v) is 5.18. The van der Waals surface area contributed by atoms with E-state index in [-0.39, 0.29) is 5.76 Å². The molecule has 0 aliphatic carbocycles. The predicted molar refractivity (Wildman–Crippen MR) is 80.3 cm³/mol. The van der Waals surface area contributed by atoms with Crippen molar-refractivity contribution in [2.24, 2.45) is 0 Å². The largest absolute Gasteiger partial charge is 0.463 e. The van der Waals surface area contributed by atoms with Gasteiger partial charge in [-0.05, 0) is 42.7 Å². The number of furan rings is 1. The van der Waals surface area contributed by atoms with Crippen molar-refractivity contribution < 1.29 is 13.9 Å². The minimum Gasteiger partial charge on any atom is -0.463 e. The molecule has 0 saturated heterocycles. The number of benzene rings is 1. The predicted octanol–water partition coefficient (Wildman–Crippen LogP) is 2.60. The van der Waals surface area contributed by atoms with Crippen LogP contribution in [0.1, 0.15) is 28.1 Å². The first kappa shape index (κ1) is 13.5. The van der Waals surface area contributed by atoms with E-state index in [4.69, 9.17) is 14.9 Å². The molecular weight excluding hydrogens is 268 g/mol. The maximum Gasteiger partial charge on any atom is 0.374 e. The Morgan fingerprint density at radius 1 is 1.43 bits per heavy atom. The molecule has 2 N–H and O–H groups in total. The lowest BCUT2D eigenvalue weighted by Gasteiger charge is -2.31. The van der Waals surface area contributed by atoms with Gasteiger partial charge in [-0.25, -0.2) is 4.79 Å². The third-order valence-corrected chi connectivity index (χ3v) is 3.80. The number of carbonyl (C=O) groups excluding carboxylic acids is 1. The van der Waals surface area contributed by atoms with Crippen LogP contribution in [0.25, 0.3) is 0 Å². The number of rotatable bonds is 3. The van der Waals surface area contributed by atoms with Crippen LogP contribution >= 0.6 is 0 Å². The zero-order valence-electron chi connectivity index (χ0n) is 12.0. The van der Waals surface area contributed by atoms with Crippen molar-refractivity contribution in [3.05, 3.63) is 47.4 Å². The van der Waals surface area contributed by atoms with Gasteiger partial charge in [0.25, 0.3) is 0 Å². The molecule has 0 bridgehead atoms. The summed E-state index contributed by atoms with van der Waals surface area (Å²) >= 11 is 0. The van der Waals surface area contributed by atoms with E-state index in [0.717, 1.165) is 30.6 Å². The average molecular weight is 286 g/mol. The van der Waals surface area contributed by atoms with Crippen LogP contribution in [-0.4, -0.2) is 19.6 Å². The zero-order valence-corrected chi connectivity index (χ0v) is 12.0. The standard InChI is InChI=1S/C16H18N2O3/c1-20-16(19)15-12(6-8-21-15)10-18-7-2-3-11-9-13(17)4-5-14(11)18/h4-6,8-9H,2-3,7,10,17H2,1H3. The minimum absolute atomic E-state index is 0.278. The summed E-state index contributed by atoms with van der Waals surface area (Å²) in [5.74, 6) is -0.162. The maximum absolute atomic E-state index is 11.7. The topological polar surface area (TPSA) is 68.7 Å². The zero-order chi connectivity index (χ0) is 14.8. The molecule has 110 valence electrons. The Balaban J connectivity index is 1.87. The Hall–Kier alpha value is -2.43. The number of nitrogen functional groups attached to an aromatic ring is 1. The molecule has 5 heteroatoms. The highest BCUT2D eigenvalue weighted by atomic mass is 16.5. The number of hydrogen-bond acceptors (Lipinski definition) is 5. The van der Waals surface area contributed by atoms with Gasteiger partial charge in [0.15, 0.2) is 0 Å². The molecule has 0 radical (unpaired) electrons. The number of hydrogen-bond donors (Lipinski definition) is 1. The summed E-state index contributed by atoms with van der Waals surface area (Å²) in [6.45, 7) is 1.57. The molecule has 1 aliphatic rings. The fourth-order valence-electron chi connectivity index (χ4n) is 2.80. The van der Waals surface area contributed by atoms with Gasteiger partial charge in [-0.1, -0.05) is 0 Å². The number of aryl methyl sites for hydroxylation is 1. The first-order valence-electron chi connectivity index (χ1n) is 6.97. The molecule has 0 atom stereocenters. The van der Waals surface area contributed by atoms with Crippen molar-refractivity contribution in [1.29, 1.82) is 0 Å². The maximum atomic E-state index is 11.7. The van der Waals surface area contributed by atoms with Crippen LogP contribution in [-0.2, 0) is 17.7 Å². The van der Waals surface area contributed by atoms with Crippen LogP contribution in [0.4, 0.5) is 11.4 Å². The summed E-state index contributed by atoms with van der Waals surface area (Å²) in [5.41, 5.74) is 9.90. The van der Waals surface area contributed by atoms with Gasteiger partial charge in [0.1, 0.15) is 0 Å². The molecule has 5 nitrogen and oxygen atoms in total. The highest BCUT2D eigenvalue weighted by molar-refractivity contribution is 5.88. The van der Waals surface area contributed by atoms with Gasteiger partial charge in [-0.15, -0.1) is 0 Å². The number of carbonyl (C=O) groups is 1. The van der Waals surface area contributed by atoms with Crippen molar-refractivity contribution >= 4 is 17.3 Å². The van der Waals surface area contributed by atoms with E-state index >= 15 is 0 Å². The molecular formula is C16H18N2O3. The molecule has 1 aliphatic heterocycles. The van der Waals surface area contributed by atoms with Crippen LogP contribution in [0.3, 0.4) is 0 Å². The number of fused-ring (bicyclic) bond motifs is 1. The molecule has 1 aromatic carbocycles. The monoisotopic (exact) mass is 286 g/mol. The Morgan fingerprint density at radius 3 is 3.10 bits per heavy atom. The van der Waals surface area contributed by atoms with Gasteiger partial charge in [-0.2, -0.15) is 0 Å². The Kier molecular flexibility index (Phi) is 3.56. The molecule has 0 unspecified atom stereocenters. The van der Waals surface area contributed by atoms with Crippen LogP contribution in [0.15, 0.2) is 34.9 Å². The molecule has 0 fully saturated rings. The van der Waals surface area contributed by atoms with E-state index in [1.54, 1.807) is 0 Å². The van der Waals surface area contributed by atoms with Crippen molar-refractivity contribution in [2.75, 3.05) is 24.3 Å². The molecule has 3 rings (SSSR count). The normalized spacial score (nSPS) is 13.9. The highest BCUT2D eigenvalue weighted by Crippen LogP contribution is 2.30. The molecule has 0 amide bonds. The number of nitrogens with zero attached hydrogens (tertiary/aromatic N) is 1. The van der Waals surface area contributed by atoms with Crippen molar-refractivity contribution in [3.8, 4) is 0 Å². The van der Waals surface area contributed by atoms with Crippen LogP contribution in [0, 0.1) is 0 Å². The minimum atomic E-state index is -0.440. The highest BCUT2D eigenvalue weighted by Gasteiger charge is 2.21. The van der Waals surface area contributed by atoms with E-state index in [2.05, 4.69) is 4.90 Å². The van der Waals surface area contributed by atoms with Crippen molar-refractivity contribution in [1.82, 2.24) is 0 Å². The van der Waals surface area contributed by atoms with Gasteiger partial charge < -0.3 is 19.8 Å². The lowest BCUT2D eigenvalue weighted by Crippen LogP contribution is -2.29. The van der Waals surface area contributed by atoms with Gasteiger partial charge in [0.2, 0.25) is 5.76 Å². The Labute approximate surface area is 123 Å².